The summed E-state index contributed by atoms with van der Waals surface area (Å²) < 4.78 is 6.96. The predicted octanol–water partition coefficient (Wildman–Crippen LogP) is 2.45. The third-order valence-corrected chi connectivity index (χ3v) is 3.11. The minimum Gasteiger partial charge on any atom is -0.479 e. The van der Waals surface area contributed by atoms with Gasteiger partial charge in [-0.1, -0.05) is 23.7 Å². The van der Waals surface area contributed by atoms with Gasteiger partial charge in [0.05, 0.1) is 25.5 Å². The van der Waals surface area contributed by atoms with Gasteiger partial charge in [0.25, 0.3) is 0 Å². The van der Waals surface area contributed by atoms with E-state index in [2.05, 4.69) is 20.1 Å². The monoisotopic (exact) mass is 301 g/mol. The third kappa shape index (κ3) is 3.00. The molecule has 106 valence electrons. The minimum atomic E-state index is 0.458. The summed E-state index contributed by atoms with van der Waals surface area (Å²) >= 11 is 6.03. The molecule has 2 heterocycles. The van der Waals surface area contributed by atoms with Crippen LogP contribution in [0, 0.1) is 0 Å². The topological polar surface area (TPSA) is 65.7 Å². The average Bonchev–Trinajstić information content (AvgIpc) is 3.00. The van der Waals surface area contributed by atoms with Crippen LogP contribution in [-0.2, 0) is 6.54 Å². The summed E-state index contributed by atoms with van der Waals surface area (Å²) in [4.78, 5) is 12.8. The van der Waals surface area contributed by atoms with Gasteiger partial charge in [0.15, 0.2) is 0 Å². The molecule has 21 heavy (non-hydrogen) atoms. The first kappa shape index (κ1) is 13.5. The molecular weight excluding hydrogens is 290 g/mol. The number of benzene rings is 1. The summed E-state index contributed by atoms with van der Waals surface area (Å²) in [6.07, 6.45) is 4.77. The van der Waals surface area contributed by atoms with Crippen molar-refractivity contribution in [3.05, 3.63) is 53.8 Å². The van der Waals surface area contributed by atoms with E-state index in [1.54, 1.807) is 24.3 Å². The Morgan fingerprint density at radius 2 is 2.24 bits per heavy atom. The predicted molar refractivity (Wildman–Crippen MR) is 78.2 cm³/mol. The number of aromatic nitrogens is 5. The van der Waals surface area contributed by atoms with Gasteiger partial charge in [0.2, 0.25) is 5.88 Å². The maximum absolute atomic E-state index is 6.03. The number of ether oxygens (including phenoxy) is 1. The zero-order chi connectivity index (χ0) is 14.7. The zero-order valence-corrected chi connectivity index (χ0v) is 12.0. The minimum absolute atomic E-state index is 0.458. The van der Waals surface area contributed by atoms with E-state index in [4.69, 9.17) is 16.3 Å². The standard InChI is InChI=1S/C14H12ClN5O/c1-21-14-13(10-3-2-4-11(15)5-10)19-12(6-17-14)7-20-9-16-8-18-20/h2-6,8-9H,7H2,1H3. The van der Waals surface area contributed by atoms with E-state index < -0.39 is 0 Å². The maximum Gasteiger partial charge on any atom is 0.240 e. The van der Waals surface area contributed by atoms with E-state index in [-0.39, 0.29) is 0 Å². The second-order valence-corrected chi connectivity index (χ2v) is 4.76. The van der Waals surface area contributed by atoms with Crippen LogP contribution in [0.4, 0.5) is 0 Å². The third-order valence-electron chi connectivity index (χ3n) is 2.87. The molecule has 0 unspecified atom stereocenters. The van der Waals surface area contributed by atoms with Crippen molar-refractivity contribution in [1.82, 2.24) is 24.7 Å². The lowest BCUT2D eigenvalue weighted by Gasteiger charge is -2.09. The molecule has 0 N–H and O–H groups in total. The van der Waals surface area contributed by atoms with Gasteiger partial charge in [-0.25, -0.2) is 19.6 Å². The number of rotatable bonds is 4. The normalized spacial score (nSPS) is 10.6. The summed E-state index contributed by atoms with van der Waals surface area (Å²) in [5.74, 6) is 0.458. The van der Waals surface area contributed by atoms with Gasteiger partial charge < -0.3 is 4.74 Å². The Kier molecular flexibility index (Phi) is 3.79. The van der Waals surface area contributed by atoms with Crippen LogP contribution in [0.15, 0.2) is 43.1 Å². The molecule has 0 saturated heterocycles. The van der Waals surface area contributed by atoms with Crippen LogP contribution in [0.25, 0.3) is 11.3 Å². The second-order valence-electron chi connectivity index (χ2n) is 4.32. The molecule has 0 aliphatic rings. The Balaban J connectivity index is 2.01. The first-order valence-corrected chi connectivity index (χ1v) is 6.62. The molecule has 7 heteroatoms. The van der Waals surface area contributed by atoms with Gasteiger partial charge >= 0.3 is 0 Å². The highest BCUT2D eigenvalue weighted by molar-refractivity contribution is 6.30. The fourth-order valence-electron chi connectivity index (χ4n) is 1.94. The smallest absolute Gasteiger partial charge is 0.240 e. The number of methoxy groups -OCH3 is 1. The first-order chi connectivity index (χ1) is 10.3. The van der Waals surface area contributed by atoms with Crippen LogP contribution < -0.4 is 4.74 Å². The molecule has 6 nitrogen and oxygen atoms in total. The lowest BCUT2D eigenvalue weighted by atomic mass is 10.1. The summed E-state index contributed by atoms with van der Waals surface area (Å²) in [7, 11) is 1.56. The fourth-order valence-corrected chi connectivity index (χ4v) is 2.13. The van der Waals surface area contributed by atoms with E-state index in [1.807, 2.05) is 24.3 Å². The van der Waals surface area contributed by atoms with Gasteiger partial charge in [0, 0.05) is 10.6 Å². The molecule has 0 bridgehead atoms. The number of nitrogens with zero attached hydrogens (tertiary/aromatic N) is 5. The molecule has 0 atom stereocenters. The van der Waals surface area contributed by atoms with E-state index in [0.717, 1.165) is 11.3 Å². The second kappa shape index (κ2) is 5.88. The van der Waals surface area contributed by atoms with Crippen LogP contribution in [0.5, 0.6) is 5.88 Å². The largest absolute Gasteiger partial charge is 0.479 e. The molecule has 2 aromatic heterocycles. The summed E-state index contributed by atoms with van der Waals surface area (Å²) in [6, 6.07) is 7.41. The molecule has 0 amide bonds. The lowest BCUT2D eigenvalue weighted by Crippen LogP contribution is -2.05. The Hall–Kier alpha value is -2.47. The molecule has 0 saturated carbocycles. The molecule has 0 aliphatic heterocycles. The maximum atomic E-state index is 6.03. The van der Waals surface area contributed by atoms with Crippen molar-refractivity contribution in [2.24, 2.45) is 0 Å². The first-order valence-electron chi connectivity index (χ1n) is 6.24. The SMILES string of the molecule is COc1ncc(Cn2cncn2)nc1-c1cccc(Cl)c1. The molecule has 0 fully saturated rings. The summed E-state index contributed by atoms with van der Waals surface area (Å²) in [5, 5.41) is 4.69. The molecule has 0 spiro atoms. The van der Waals surface area contributed by atoms with Gasteiger partial charge in [-0.3, -0.25) is 0 Å². The van der Waals surface area contributed by atoms with Crippen LogP contribution in [0.1, 0.15) is 5.69 Å². The van der Waals surface area contributed by atoms with Gasteiger partial charge in [0.1, 0.15) is 18.3 Å². The van der Waals surface area contributed by atoms with E-state index >= 15 is 0 Å². The molecule has 3 rings (SSSR count). The Morgan fingerprint density at radius 3 is 2.95 bits per heavy atom. The van der Waals surface area contributed by atoms with Crippen LogP contribution in [-0.4, -0.2) is 31.8 Å². The lowest BCUT2D eigenvalue weighted by molar-refractivity contribution is 0.397. The van der Waals surface area contributed by atoms with Crippen LogP contribution in [0.2, 0.25) is 5.02 Å². The van der Waals surface area contributed by atoms with Crippen molar-refractivity contribution in [2.75, 3.05) is 7.11 Å². The quantitative estimate of drug-likeness (QED) is 0.740. The number of halogens is 1. The van der Waals surface area contributed by atoms with Crippen LogP contribution in [0.3, 0.4) is 0 Å². The zero-order valence-electron chi connectivity index (χ0n) is 11.3. The van der Waals surface area contributed by atoms with Crippen molar-refractivity contribution in [3.63, 3.8) is 0 Å². The van der Waals surface area contributed by atoms with Crippen molar-refractivity contribution in [2.45, 2.75) is 6.54 Å². The highest BCUT2D eigenvalue weighted by Crippen LogP contribution is 2.27. The van der Waals surface area contributed by atoms with Crippen LogP contribution >= 0.6 is 11.6 Å². The van der Waals surface area contributed by atoms with Gasteiger partial charge in [-0.15, -0.1) is 0 Å². The van der Waals surface area contributed by atoms with Crippen molar-refractivity contribution in [1.29, 1.82) is 0 Å². The number of hydrogen-bond donors (Lipinski definition) is 0. The van der Waals surface area contributed by atoms with E-state index in [9.17, 15) is 0 Å². The Morgan fingerprint density at radius 1 is 1.33 bits per heavy atom. The molecule has 0 aliphatic carbocycles. The number of hydrogen-bond acceptors (Lipinski definition) is 5. The summed E-state index contributed by atoms with van der Waals surface area (Å²) in [6.45, 7) is 0.491. The fraction of sp³-hybridized carbons (Fsp3) is 0.143. The molecule has 1 aromatic carbocycles. The molecule has 3 aromatic rings. The summed E-state index contributed by atoms with van der Waals surface area (Å²) in [5.41, 5.74) is 2.26. The highest BCUT2D eigenvalue weighted by Gasteiger charge is 2.11. The van der Waals surface area contributed by atoms with Gasteiger partial charge in [-0.05, 0) is 12.1 Å². The Labute approximate surface area is 126 Å². The molecular formula is C14H12ClN5O. The van der Waals surface area contributed by atoms with Gasteiger partial charge in [-0.2, -0.15) is 5.10 Å². The van der Waals surface area contributed by atoms with Crippen molar-refractivity contribution in [3.8, 4) is 17.1 Å². The highest BCUT2D eigenvalue weighted by atomic mass is 35.5. The Bertz CT molecular complexity index is 745. The van der Waals surface area contributed by atoms with Crippen molar-refractivity contribution < 1.29 is 4.74 Å². The van der Waals surface area contributed by atoms with E-state index in [0.29, 0.717) is 23.1 Å². The average molecular weight is 302 g/mol. The molecule has 0 radical (unpaired) electrons. The van der Waals surface area contributed by atoms with E-state index in [1.165, 1.54) is 6.33 Å². The van der Waals surface area contributed by atoms with Crippen molar-refractivity contribution >= 4 is 11.6 Å².